The summed E-state index contributed by atoms with van der Waals surface area (Å²) < 4.78 is 0. The fourth-order valence-corrected chi connectivity index (χ4v) is 3.54. The highest BCUT2D eigenvalue weighted by Gasteiger charge is 2.40. The first-order valence-electron chi connectivity index (χ1n) is 8.54. The van der Waals surface area contributed by atoms with Crippen LogP contribution in [0.2, 0.25) is 0 Å². The Kier molecular flexibility index (Phi) is 5.12. The van der Waals surface area contributed by atoms with Gasteiger partial charge in [-0.1, -0.05) is 35.9 Å². The lowest BCUT2D eigenvalue weighted by Gasteiger charge is -2.40. The normalized spacial score (nSPS) is 20.5. The number of benzene rings is 1. The van der Waals surface area contributed by atoms with Crippen LogP contribution in [0.4, 0.5) is 0 Å². The highest BCUT2D eigenvalue weighted by Crippen LogP contribution is 2.37. The molecule has 1 aliphatic heterocycles. The summed E-state index contributed by atoms with van der Waals surface area (Å²) in [6.45, 7) is 2.47. The quantitative estimate of drug-likeness (QED) is 0.910. The summed E-state index contributed by atoms with van der Waals surface area (Å²) in [4.78, 5) is 30.2. The second-order valence-corrected chi connectivity index (χ2v) is 6.54. The Labute approximate surface area is 147 Å². The Hall–Kier alpha value is -2.69. The number of piperidine rings is 1. The molecule has 2 atom stereocenters. The van der Waals surface area contributed by atoms with Gasteiger partial charge in [0.25, 0.3) is 0 Å². The van der Waals surface area contributed by atoms with E-state index in [1.165, 1.54) is 0 Å². The Morgan fingerprint density at radius 2 is 2.16 bits per heavy atom. The fourth-order valence-electron chi connectivity index (χ4n) is 3.54. The van der Waals surface area contributed by atoms with Crippen molar-refractivity contribution in [2.24, 2.45) is 5.92 Å². The van der Waals surface area contributed by atoms with Crippen molar-refractivity contribution in [3.63, 3.8) is 0 Å². The molecular weight excluding hydrogens is 316 g/mol. The van der Waals surface area contributed by atoms with Gasteiger partial charge in [-0.25, -0.2) is 0 Å². The second-order valence-electron chi connectivity index (χ2n) is 6.54. The maximum Gasteiger partial charge on any atom is 0.308 e. The number of carboxylic acids is 1. The molecule has 0 aliphatic carbocycles. The van der Waals surface area contributed by atoms with Crippen LogP contribution < -0.4 is 0 Å². The molecule has 1 N–H and O–H groups in total. The monoisotopic (exact) mass is 338 g/mol. The Bertz CT molecular complexity index is 761. The number of aryl methyl sites for hydroxylation is 1. The van der Waals surface area contributed by atoms with Crippen LogP contribution in [-0.4, -0.2) is 33.4 Å². The average molecular weight is 338 g/mol. The van der Waals surface area contributed by atoms with Crippen molar-refractivity contribution in [2.45, 2.75) is 32.2 Å². The summed E-state index contributed by atoms with van der Waals surface area (Å²) in [5, 5.41) is 9.68. The average Bonchev–Trinajstić information content (AvgIpc) is 2.61. The standard InChI is InChI=1S/C20H22N2O3/c1-14-4-2-6-16(12-14)19-17(20(24)25)7-8-18(23)22(19)11-9-15-5-3-10-21-13-15/h2-6,10,12-13,17,19H,7-9,11H2,1H3,(H,24,25). The lowest BCUT2D eigenvalue weighted by Crippen LogP contribution is -2.46. The Balaban J connectivity index is 1.90. The molecule has 0 bridgehead atoms. The summed E-state index contributed by atoms with van der Waals surface area (Å²) in [6.07, 6.45) is 4.83. The van der Waals surface area contributed by atoms with Crippen LogP contribution in [0.5, 0.6) is 0 Å². The SMILES string of the molecule is Cc1cccc(C2C(C(=O)O)CCC(=O)N2CCc2cccnc2)c1. The maximum absolute atomic E-state index is 12.6. The number of nitrogens with zero attached hydrogens (tertiary/aromatic N) is 2. The Morgan fingerprint density at radius 1 is 1.32 bits per heavy atom. The number of likely N-dealkylation sites (tertiary alicyclic amines) is 1. The van der Waals surface area contributed by atoms with Crippen molar-refractivity contribution in [3.05, 3.63) is 65.5 Å². The number of hydrogen-bond donors (Lipinski definition) is 1. The molecule has 5 heteroatoms. The van der Waals surface area contributed by atoms with Crippen LogP contribution in [0.15, 0.2) is 48.8 Å². The van der Waals surface area contributed by atoms with E-state index in [4.69, 9.17) is 0 Å². The summed E-state index contributed by atoms with van der Waals surface area (Å²) in [5.74, 6) is -1.40. The van der Waals surface area contributed by atoms with Gasteiger partial charge in [0.1, 0.15) is 0 Å². The molecule has 1 amide bonds. The lowest BCUT2D eigenvalue weighted by molar-refractivity contribution is -0.152. The number of aromatic nitrogens is 1. The first kappa shape index (κ1) is 17.1. The fraction of sp³-hybridized carbons (Fsp3) is 0.350. The third-order valence-corrected chi connectivity index (χ3v) is 4.77. The first-order valence-corrected chi connectivity index (χ1v) is 8.54. The van der Waals surface area contributed by atoms with Crippen LogP contribution in [0.1, 0.15) is 35.6 Å². The van der Waals surface area contributed by atoms with Crippen LogP contribution in [0.3, 0.4) is 0 Å². The van der Waals surface area contributed by atoms with E-state index in [2.05, 4.69) is 4.98 Å². The van der Waals surface area contributed by atoms with Crippen molar-refractivity contribution in [1.29, 1.82) is 0 Å². The van der Waals surface area contributed by atoms with Gasteiger partial charge < -0.3 is 10.0 Å². The van der Waals surface area contributed by atoms with Crippen molar-refractivity contribution in [1.82, 2.24) is 9.88 Å². The van der Waals surface area contributed by atoms with Crippen molar-refractivity contribution in [3.8, 4) is 0 Å². The van der Waals surface area contributed by atoms with Crippen LogP contribution in [0.25, 0.3) is 0 Å². The second kappa shape index (κ2) is 7.47. The number of pyridine rings is 1. The Morgan fingerprint density at radius 3 is 2.84 bits per heavy atom. The van der Waals surface area contributed by atoms with E-state index in [0.717, 1.165) is 16.7 Å². The minimum absolute atomic E-state index is 0.0212. The van der Waals surface area contributed by atoms with Crippen LogP contribution in [0, 0.1) is 12.8 Å². The maximum atomic E-state index is 12.6. The number of hydrogen-bond acceptors (Lipinski definition) is 3. The predicted molar refractivity (Wildman–Crippen MR) is 93.9 cm³/mol. The number of carbonyl (C=O) groups is 2. The van der Waals surface area contributed by atoms with E-state index >= 15 is 0 Å². The molecule has 1 aromatic carbocycles. The van der Waals surface area contributed by atoms with E-state index in [9.17, 15) is 14.7 Å². The molecule has 25 heavy (non-hydrogen) atoms. The minimum atomic E-state index is -0.842. The molecule has 130 valence electrons. The summed E-state index contributed by atoms with van der Waals surface area (Å²) in [7, 11) is 0. The molecule has 2 unspecified atom stereocenters. The van der Waals surface area contributed by atoms with E-state index in [-0.39, 0.29) is 12.3 Å². The highest BCUT2D eigenvalue weighted by molar-refractivity contribution is 5.81. The van der Waals surface area contributed by atoms with Gasteiger partial charge in [0.2, 0.25) is 5.91 Å². The third-order valence-electron chi connectivity index (χ3n) is 4.77. The molecule has 5 nitrogen and oxygen atoms in total. The molecule has 1 fully saturated rings. The number of amides is 1. The topological polar surface area (TPSA) is 70.5 Å². The lowest BCUT2D eigenvalue weighted by atomic mass is 9.83. The van der Waals surface area contributed by atoms with Gasteiger partial charge in [-0.2, -0.15) is 0 Å². The van der Waals surface area contributed by atoms with Gasteiger partial charge in [0.15, 0.2) is 0 Å². The number of rotatable bonds is 5. The van der Waals surface area contributed by atoms with Gasteiger partial charge in [-0.05, 0) is 37.0 Å². The molecule has 1 saturated heterocycles. The smallest absolute Gasteiger partial charge is 0.308 e. The van der Waals surface area contributed by atoms with Crippen molar-refractivity contribution in [2.75, 3.05) is 6.54 Å². The third kappa shape index (κ3) is 3.87. The highest BCUT2D eigenvalue weighted by atomic mass is 16.4. The van der Waals surface area contributed by atoms with Gasteiger partial charge in [-0.15, -0.1) is 0 Å². The van der Waals surface area contributed by atoms with Gasteiger partial charge in [0.05, 0.1) is 12.0 Å². The summed E-state index contributed by atoms with van der Waals surface area (Å²) >= 11 is 0. The summed E-state index contributed by atoms with van der Waals surface area (Å²) in [5.41, 5.74) is 2.99. The largest absolute Gasteiger partial charge is 0.481 e. The molecule has 1 aromatic heterocycles. The molecule has 1 aliphatic rings. The van der Waals surface area contributed by atoms with E-state index in [0.29, 0.717) is 19.4 Å². The molecule has 3 rings (SSSR count). The van der Waals surface area contributed by atoms with Gasteiger partial charge >= 0.3 is 5.97 Å². The number of carboxylic acid groups (broad SMARTS) is 1. The van der Waals surface area contributed by atoms with Crippen molar-refractivity contribution >= 4 is 11.9 Å². The van der Waals surface area contributed by atoms with E-state index < -0.39 is 17.9 Å². The molecule has 0 saturated carbocycles. The molecule has 0 spiro atoms. The van der Waals surface area contributed by atoms with Crippen molar-refractivity contribution < 1.29 is 14.7 Å². The number of aliphatic carboxylic acids is 1. The predicted octanol–water partition coefficient (Wildman–Crippen LogP) is 3.00. The number of carbonyl (C=O) groups excluding carboxylic acids is 1. The van der Waals surface area contributed by atoms with Crippen LogP contribution >= 0.6 is 0 Å². The first-order chi connectivity index (χ1) is 12.1. The van der Waals surface area contributed by atoms with Crippen LogP contribution in [-0.2, 0) is 16.0 Å². The van der Waals surface area contributed by atoms with E-state index in [1.807, 2.05) is 43.3 Å². The minimum Gasteiger partial charge on any atom is -0.481 e. The van der Waals surface area contributed by atoms with Gasteiger partial charge in [-0.3, -0.25) is 14.6 Å². The molecular formula is C20H22N2O3. The molecule has 0 radical (unpaired) electrons. The summed E-state index contributed by atoms with van der Waals surface area (Å²) in [6, 6.07) is 11.2. The zero-order valence-corrected chi connectivity index (χ0v) is 14.3. The van der Waals surface area contributed by atoms with E-state index in [1.54, 1.807) is 17.3 Å². The zero-order valence-electron chi connectivity index (χ0n) is 14.3. The van der Waals surface area contributed by atoms with Gasteiger partial charge in [0, 0.05) is 25.4 Å². The molecule has 2 heterocycles. The molecule has 2 aromatic rings. The zero-order chi connectivity index (χ0) is 17.8.